The van der Waals surface area contributed by atoms with E-state index in [0.717, 1.165) is 46.6 Å². The highest BCUT2D eigenvalue weighted by Crippen LogP contribution is 2.45. The molecule has 1 unspecified atom stereocenters. The van der Waals surface area contributed by atoms with E-state index in [4.69, 9.17) is 15.2 Å². The molecular weight excluding hydrogens is 484 g/mol. The molecule has 2 aliphatic heterocycles. The number of hydrogen-bond acceptors (Lipinski definition) is 8. The topological polar surface area (TPSA) is 111 Å². The minimum Gasteiger partial charge on any atom is -0.451 e. The van der Waals surface area contributed by atoms with Crippen LogP contribution in [0.1, 0.15) is 21.6 Å². The van der Waals surface area contributed by atoms with Crippen LogP contribution >= 0.6 is 23.5 Å². The van der Waals surface area contributed by atoms with Crippen LogP contribution in [-0.4, -0.2) is 53.0 Å². The lowest BCUT2D eigenvalue weighted by molar-refractivity contribution is 0.0496. The van der Waals surface area contributed by atoms with Crippen LogP contribution in [0.4, 0.5) is 5.82 Å². The van der Waals surface area contributed by atoms with Crippen LogP contribution in [-0.2, 0) is 6.42 Å². The van der Waals surface area contributed by atoms with Gasteiger partial charge in [-0.15, -0.1) is 11.8 Å². The third-order valence-electron chi connectivity index (χ3n) is 6.06. The van der Waals surface area contributed by atoms with Crippen LogP contribution in [0.2, 0.25) is 0 Å². The van der Waals surface area contributed by atoms with Crippen molar-refractivity contribution in [3.63, 3.8) is 0 Å². The average Bonchev–Trinajstić information content (AvgIpc) is 3.28. The van der Waals surface area contributed by atoms with E-state index >= 15 is 0 Å². The number of carbonyl (C=O) groups is 1. The van der Waals surface area contributed by atoms with Gasteiger partial charge in [0.2, 0.25) is 12.2 Å². The molecule has 3 aromatic rings. The number of carbonyl (C=O) groups excluding carboxylic acids is 1. The summed E-state index contributed by atoms with van der Waals surface area (Å²) in [5.74, 6) is 3.48. The average molecular weight is 511 g/mol. The minimum atomic E-state index is -0.709. The van der Waals surface area contributed by atoms with E-state index in [0.29, 0.717) is 28.2 Å². The van der Waals surface area contributed by atoms with Gasteiger partial charge in [-0.05, 0) is 43.5 Å². The zero-order valence-electron chi connectivity index (χ0n) is 19.5. The maximum atomic E-state index is 12.6. The number of fused-ring (bicyclic) bond motifs is 1. The molecule has 35 heavy (non-hydrogen) atoms. The molecule has 4 heterocycles. The quantitative estimate of drug-likeness (QED) is 0.485. The molecule has 0 bridgehead atoms. The Morgan fingerprint density at radius 3 is 2.74 bits per heavy atom. The lowest BCUT2D eigenvalue weighted by Gasteiger charge is -2.27. The van der Waals surface area contributed by atoms with E-state index in [9.17, 15) is 9.59 Å². The molecule has 10 heteroatoms. The van der Waals surface area contributed by atoms with Gasteiger partial charge in [-0.2, -0.15) is 11.8 Å². The first kappa shape index (κ1) is 23.6. The molecular formula is C25H26N4O4S2. The Hall–Kier alpha value is -3.11. The van der Waals surface area contributed by atoms with Gasteiger partial charge < -0.3 is 25.1 Å². The fraction of sp³-hybridized carbons (Fsp3) is 0.320. The highest BCUT2D eigenvalue weighted by Gasteiger charge is 2.31. The largest absolute Gasteiger partial charge is 0.451 e. The number of ether oxygens (including phenoxy) is 2. The first-order valence-corrected chi connectivity index (χ1v) is 13.7. The Kier molecular flexibility index (Phi) is 6.66. The van der Waals surface area contributed by atoms with E-state index in [-0.39, 0.29) is 12.0 Å². The first-order chi connectivity index (χ1) is 16.9. The first-order valence-electron chi connectivity index (χ1n) is 11.3. The molecule has 0 radical (unpaired) electrons. The molecule has 0 spiro atoms. The molecule has 0 saturated carbocycles. The van der Waals surface area contributed by atoms with E-state index in [1.807, 2.05) is 43.1 Å². The van der Waals surface area contributed by atoms with Crippen molar-refractivity contribution in [3.8, 4) is 22.6 Å². The number of nitrogens with two attached hydrogens (primary N) is 1. The molecule has 2 aliphatic rings. The monoisotopic (exact) mass is 510 g/mol. The number of aromatic nitrogens is 2. The third kappa shape index (κ3) is 4.85. The van der Waals surface area contributed by atoms with Crippen LogP contribution in [0.25, 0.3) is 11.1 Å². The molecule has 5 rings (SSSR count). The van der Waals surface area contributed by atoms with Crippen LogP contribution < -0.4 is 25.7 Å². The van der Waals surface area contributed by atoms with Crippen molar-refractivity contribution in [2.45, 2.75) is 24.5 Å². The van der Waals surface area contributed by atoms with Gasteiger partial charge in [0.25, 0.3) is 5.56 Å². The van der Waals surface area contributed by atoms with E-state index < -0.39 is 12.2 Å². The summed E-state index contributed by atoms with van der Waals surface area (Å²) in [6.45, 7) is 3.79. The van der Waals surface area contributed by atoms with Crippen LogP contribution in [0.15, 0.2) is 46.2 Å². The molecule has 182 valence electrons. The number of nitrogens with zero attached hydrogens (tertiary/aromatic N) is 2. The molecule has 1 atom stereocenters. The summed E-state index contributed by atoms with van der Waals surface area (Å²) in [7, 11) is 0. The van der Waals surface area contributed by atoms with Gasteiger partial charge >= 0.3 is 0 Å². The normalized spacial score (nSPS) is 17.0. The lowest BCUT2D eigenvalue weighted by atomic mass is 10.0. The number of amides is 1. The number of benzene rings is 1. The van der Waals surface area contributed by atoms with Gasteiger partial charge in [0, 0.05) is 63.6 Å². The van der Waals surface area contributed by atoms with E-state index in [1.165, 1.54) is 11.8 Å². The van der Waals surface area contributed by atoms with Crippen molar-refractivity contribution in [2.75, 3.05) is 35.8 Å². The Balaban J connectivity index is 1.46. The van der Waals surface area contributed by atoms with Crippen molar-refractivity contribution < 1.29 is 14.3 Å². The van der Waals surface area contributed by atoms with Crippen LogP contribution in [0.5, 0.6) is 11.5 Å². The van der Waals surface area contributed by atoms with Crippen molar-refractivity contribution in [1.82, 2.24) is 9.97 Å². The maximum Gasteiger partial charge on any atom is 0.252 e. The summed E-state index contributed by atoms with van der Waals surface area (Å²) in [5.41, 5.74) is 8.62. The number of aryl methyl sites for hydroxylation is 1. The van der Waals surface area contributed by atoms with Gasteiger partial charge in [0.05, 0.1) is 6.42 Å². The number of pyridine rings is 2. The number of H-pyrrole nitrogens is 1. The summed E-state index contributed by atoms with van der Waals surface area (Å²) >= 11 is 3.45. The lowest BCUT2D eigenvalue weighted by Crippen LogP contribution is -2.32. The predicted molar refractivity (Wildman–Crippen MR) is 140 cm³/mol. The molecule has 3 N–H and O–H groups in total. The SMILES string of the molecule is CSc1cc(C)[nH]c(=O)c1CC1Oc2cc(C(N)=O)cc(-c3ccc(N4CCSCC4)nc3)c2O1. The number of anilines is 1. The summed E-state index contributed by atoms with van der Waals surface area (Å²) in [4.78, 5) is 35.3. The maximum absolute atomic E-state index is 12.6. The van der Waals surface area contributed by atoms with E-state index in [1.54, 1.807) is 18.3 Å². The molecule has 2 aromatic heterocycles. The molecule has 1 aromatic carbocycles. The van der Waals surface area contributed by atoms with Crippen molar-refractivity contribution in [1.29, 1.82) is 0 Å². The fourth-order valence-corrected chi connectivity index (χ4v) is 5.92. The molecule has 1 fully saturated rings. The number of thioether (sulfide) groups is 2. The molecule has 1 saturated heterocycles. The highest BCUT2D eigenvalue weighted by molar-refractivity contribution is 7.99. The Bertz CT molecular complexity index is 1320. The van der Waals surface area contributed by atoms with Crippen molar-refractivity contribution >= 4 is 35.2 Å². The van der Waals surface area contributed by atoms with Gasteiger partial charge in [-0.25, -0.2) is 4.98 Å². The molecule has 8 nitrogen and oxygen atoms in total. The second-order valence-corrected chi connectivity index (χ2v) is 10.5. The minimum absolute atomic E-state index is 0.161. The van der Waals surface area contributed by atoms with Gasteiger partial charge in [-0.3, -0.25) is 9.59 Å². The van der Waals surface area contributed by atoms with Crippen LogP contribution in [0.3, 0.4) is 0 Å². The number of nitrogens with one attached hydrogen (secondary N) is 1. The van der Waals surface area contributed by atoms with Crippen LogP contribution in [0, 0.1) is 6.92 Å². The number of primary amides is 1. The Labute approximate surface area is 211 Å². The highest BCUT2D eigenvalue weighted by atomic mass is 32.2. The smallest absolute Gasteiger partial charge is 0.252 e. The summed E-state index contributed by atoms with van der Waals surface area (Å²) in [6.07, 6.45) is 3.26. The zero-order valence-corrected chi connectivity index (χ0v) is 21.1. The number of aromatic amines is 1. The van der Waals surface area contributed by atoms with E-state index in [2.05, 4.69) is 14.9 Å². The third-order valence-corrected chi connectivity index (χ3v) is 7.81. The van der Waals surface area contributed by atoms with Gasteiger partial charge in [0.1, 0.15) is 5.82 Å². The zero-order chi connectivity index (χ0) is 24.5. The van der Waals surface area contributed by atoms with Crippen molar-refractivity contribution in [3.05, 3.63) is 63.7 Å². The molecule has 1 amide bonds. The summed E-state index contributed by atoms with van der Waals surface area (Å²) < 4.78 is 12.2. The van der Waals surface area contributed by atoms with Gasteiger partial charge in [0.15, 0.2) is 11.5 Å². The fourth-order valence-electron chi connectivity index (χ4n) is 4.30. The summed E-state index contributed by atoms with van der Waals surface area (Å²) in [6, 6.07) is 9.18. The standard InChI is InChI=1S/C25H26N4O4S2/c1-14-9-20(34-2)18(25(31)28-14)12-22-32-19-11-16(24(26)30)10-17(23(19)33-22)15-3-4-21(27-13-15)29-5-7-35-8-6-29/h3-4,9-11,13,22H,5-8,12H2,1-2H3,(H2,26,30)(H,28,31). The Morgan fingerprint density at radius 1 is 1.26 bits per heavy atom. The number of rotatable bonds is 6. The molecule has 0 aliphatic carbocycles. The van der Waals surface area contributed by atoms with Gasteiger partial charge in [-0.1, -0.05) is 0 Å². The summed E-state index contributed by atoms with van der Waals surface area (Å²) in [5, 5.41) is 0. The number of hydrogen-bond donors (Lipinski definition) is 2. The second-order valence-electron chi connectivity index (χ2n) is 8.42. The van der Waals surface area contributed by atoms with Crippen molar-refractivity contribution in [2.24, 2.45) is 5.73 Å². The second kappa shape index (κ2) is 9.87. The predicted octanol–water partition coefficient (Wildman–Crippen LogP) is 3.46. The Morgan fingerprint density at radius 2 is 2.06 bits per heavy atom.